The molecule has 1 aliphatic carbocycles. The summed E-state index contributed by atoms with van der Waals surface area (Å²) < 4.78 is 1.95. The number of anilines is 1. The van der Waals surface area contributed by atoms with Crippen LogP contribution in [0.15, 0.2) is 0 Å². The van der Waals surface area contributed by atoms with Crippen molar-refractivity contribution in [2.45, 2.75) is 46.1 Å². The van der Waals surface area contributed by atoms with Crippen molar-refractivity contribution in [3.8, 4) is 0 Å². The molecule has 0 aliphatic heterocycles. The second-order valence-electron chi connectivity index (χ2n) is 4.89. The Morgan fingerprint density at radius 1 is 1.47 bits per heavy atom. The first-order chi connectivity index (χ1) is 7.08. The predicted octanol–water partition coefficient (Wildman–Crippen LogP) is 2.64. The normalized spacial score (nSPS) is 17.9. The van der Waals surface area contributed by atoms with Crippen LogP contribution in [0.4, 0.5) is 5.69 Å². The number of hydrogen-bond acceptors (Lipinski definition) is 2. The standard InChI is InChI=1S/C12H21N3/c1-8(7-11-5-6-11)13-12-9(2)14-15(4)10(12)3/h8,11,13H,5-7H2,1-4H3. The van der Waals surface area contributed by atoms with Gasteiger partial charge in [0.05, 0.1) is 17.1 Å². The molecule has 0 radical (unpaired) electrons. The van der Waals surface area contributed by atoms with Gasteiger partial charge in [0, 0.05) is 13.1 Å². The van der Waals surface area contributed by atoms with Crippen LogP contribution in [0.2, 0.25) is 0 Å². The highest BCUT2D eigenvalue weighted by molar-refractivity contribution is 5.52. The van der Waals surface area contributed by atoms with Crippen molar-refractivity contribution in [1.82, 2.24) is 9.78 Å². The quantitative estimate of drug-likeness (QED) is 0.822. The number of nitrogens with zero attached hydrogens (tertiary/aromatic N) is 2. The predicted molar refractivity (Wildman–Crippen MR) is 63.1 cm³/mol. The Balaban J connectivity index is 2.01. The molecule has 3 nitrogen and oxygen atoms in total. The van der Waals surface area contributed by atoms with Crippen molar-refractivity contribution in [2.24, 2.45) is 13.0 Å². The SMILES string of the molecule is Cc1nn(C)c(C)c1NC(C)CC1CC1. The van der Waals surface area contributed by atoms with Gasteiger partial charge < -0.3 is 5.32 Å². The fraction of sp³-hybridized carbons (Fsp3) is 0.750. The highest BCUT2D eigenvalue weighted by Gasteiger charge is 2.24. The maximum absolute atomic E-state index is 4.41. The summed E-state index contributed by atoms with van der Waals surface area (Å²) in [5.74, 6) is 0.977. The van der Waals surface area contributed by atoms with Gasteiger partial charge in [0.1, 0.15) is 0 Å². The Bertz CT molecular complexity index is 350. The minimum atomic E-state index is 0.569. The van der Waals surface area contributed by atoms with Crippen molar-refractivity contribution < 1.29 is 0 Å². The monoisotopic (exact) mass is 207 g/mol. The third-order valence-electron chi connectivity index (χ3n) is 3.28. The van der Waals surface area contributed by atoms with Crippen molar-refractivity contribution >= 4 is 5.69 Å². The molecule has 0 aromatic carbocycles. The van der Waals surface area contributed by atoms with Crippen LogP contribution < -0.4 is 5.32 Å². The molecule has 1 unspecified atom stereocenters. The Morgan fingerprint density at radius 3 is 2.60 bits per heavy atom. The van der Waals surface area contributed by atoms with E-state index in [1.807, 2.05) is 11.7 Å². The maximum atomic E-state index is 4.41. The Hall–Kier alpha value is -0.990. The van der Waals surface area contributed by atoms with E-state index in [1.54, 1.807) is 0 Å². The first kappa shape index (κ1) is 10.5. The summed E-state index contributed by atoms with van der Waals surface area (Å²) in [6, 6.07) is 0.569. The zero-order valence-corrected chi connectivity index (χ0v) is 10.2. The molecule has 84 valence electrons. The summed E-state index contributed by atoms with van der Waals surface area (Å²) in [7, 11) is 2.00. The van der Waals surface area contributed by atoms with E-state index < -0.39 is 0 Å². The fourth-order valence-corrected chi connectivity index (χ4v) is 2.14. The van der Waals surface area contributed by atoms with Crippen molar-refractivity contribution in [1.29, 1.82) is 0 Å². The van der Waals surface area contributed by atoms with Crippen LogP contribution in [0, 0.1) is 19.8 Å². The van der Waals surface area contributed by atoms with Gasteiger partial charge in [-0.1, -0.05) is 12.8 Å². The zero-order valence-electron chi connectivity index (χ0n) is 10.2. The van der Waals surface area contributed by atoms with E-state index in [4.69, 9.17) is 0 Å². The fourth-order valence-electron chi connectivity index (χ4n) is 2.14. The van der Waals surface area contributed by atoms with Crippen LogP contribution in [0.3, 0.4) is 0 Å². The molecule has 1 atom stereocenters. The lowest BCUT2D eigenvalue weighted by Crippen LogP contribution is -2.16. The summed E-state index contributed by atoms with van der Waals surface area (Å²) in [5, 5.41) is 8.00. The lowest BCUT2D eigenvalue weighted by molar-refractivity contribution is 0.641. The van der Waals surface area contributed by atoms with Crippen LogP contribution in [0.1, 0.15) is 37.6 Å². The topological polar surface area (TPSA) is 29.9 Å². The van der Waals surface area contributed by atoms with E-state index in [-0.39, 0.29) is 0 Å². The van der Waals surface area contributed by atoms with Crippen LogP contribution in [0.25, 0.3) is 0 Å². The van der Waals surface area contributed by atoms with Gasteiger partial charge in [-0.15, -0.1) is 0 Å². The smallest absolute Gasteiger partial charge is 0.0827 e. The molecule has 1 aromatic rings. The molecule has 1 N–H and O–H groups in total. The van der Waals surface area contributed by atoms with Gasteiger partial charge in [0.2, 0.25) is 0 Å². The molecule has 0 saturated heterocycles. The lowest BCUT2D eigenvalue weighted by atomic mass is 10.1. The number of hydrogen-bond donors (Lipinski definition) is 1. The first-order valence-electron chi connectivity index (χ1n) is 5.84. The maximum Gasteiger partial charge on any atom is 0.0827 e. The van der Waals surface area contributed by atoms with Crippen molar-refractivity contribution in [2.75, 3.05) is 5.32 Å². The second kappa shape index (κ2) is 3.87. The van der Waals surface area contributed by atoms with Gasteiger partial charge in [-0.3, -0.25) is 4.68 Å². The van der Waals surface area contributed by atoms with Gasteiger partial charge in [-0.05, 0) is 33.1 Å². The third-order valence-corrected chi connectivity index (χ3v) is 3.28. The van der Waals surface area contributed by atoms with E-state index in [9.17, 15) is 0 Å². The second-order valence-corrected chi connectivity index (χ2v) is 4.89. The van der Waals surface area contributed by atoms with Gasteiger partial charge in [-0.2, -0.15) is 5.10 Å². The van der Waals surface area contributed by atoms with Crippen LogP contribution >= 0.6 is 0 Å². The van der Waals surface area contributed by atoms with E-state index >= 15 is 0 Å². The molecule has 1 fully saturated rings. The molecule has 0 amide bonds. The molecule has 0 bridgehead atoms. The molecule has 3 heteroatoms. The number of aromatic nitrogens is 2. The summed E-state index contributed by atoms with van der Waals surface area (Å²) in [6.45, 7) is 6.45. The van der Waals surface area contributed by atoms with Crippen molar-refractivity contribution in [3.05, 3.63) is 11.4 Å². The van der Waals surface area contributed by atoms with E-state index in [0.29, 0.717) is 6.04 Å². The molecule has 1 heterocycles. The average Bonchev–Trinajstić information content (AvgIpc) is 2.92. The summed E-state index contributed by atoms with van der Waals surface area (Å²) in [5.41, 5.74) is 3.57. The number of nitrogens with one attached hydrogen (secondary N) is 1. The molecule has 1 aromatic heterocycles. The largest absolute Gasteiger partial charge is 0.380 e. The number of aryl methyl sites for hydroxylation is 2. The highest BCUT2D eigenvalue weighted by atomic mass is 15.3. The minimum Gasteiger partial charge on any atom is -0.380 e. The van der Waals surface area contributed by atoms with Gasteiger partial charge in [-0.25, -0.2) is 0 Å². The molecule has 15 heavy (non-hydrogen) atoms. The average molecular weight is 207 g/mol. The van der Waals surface area contributed by atoms with Crippen LogP contribution in [-0.4, -0.2) is 15.8 Å². The molecular weight excluding hydrogens is 186 g/mol. The molecule has 1 aliphatic rings. The van der Waals surface area contributed by atoms with E-state index in [0.717, 1.165) is 11.6 Å². The van der Waals surface area contributed by atoms with E-state index in [1.165, 1.54) is 30.6 Å². The Labute approximate surface area is 91.9 Å². The summed E-state index contributed by atoms with van der Waals surface area (Å²) >= 11 is 0. The Kier molecular flexibility index (Phi) is 2.72. The number of rotatable bonds is 4. The Morgan fingerprint density at radius 2 is 2.13 bits per heavy atom. The zero-order chi connectivity index (χ0) is 11.0. The molecule has 2 rings (SSSR count). The molecule has 1 saturated carbocycles. The van der Waals surface area contributed by atoms with Crippen LogP contribution in [-0.2, 0) is 7.05 Å². The minimum absolute atomic E-state index is 0.569. The first-order valence-corrected chi connectivity index (χ1v) is 5.84. The third kappa shape index (κ3) is 2.33. The molecule has 0 spiro atoms. The van der Waals surface area contributed by atoms with E-state index in [2.05, 4.69) is 31.2 Å². The summed E-state index contributed by atoms with van der Waals surface area (Å²) in [4.78, 5) is 0. The molecular formula is C12H21N3. The van der Waals surface area contributed by atoms with Gasteiger partial charge >= 0.3 is 0 Å². The highest BCUT2D eigenvalue weighted by Crippen LogP contribution is 2.34. The van der Waals surface area contributed by atoms with Gasteiger partial charge in [0.15, 0.2) is 0 Å². The van der Waals surface area contributed by atoms with Gasteiger partial charge in [0.25, 0.3) is 0 Å². The van der Waals surface area contributed by atoms with Crippen molar-refractivity contribution in [3.63, 3.8) is 0 Å². The lowest BCUT2D eigenvalue weighted by Gasteiger charge is -2.15. The summed E-state index contributed by atoms with van der Waals surface area (Å²) in [6.07, 6.45) is 4.15. The van der Waals surface area contributed by atoms with Crippen LogP contribution in [0.5, 0.6) is 0 Å².